The van der Waals surface area contributed by atoms with Crippen molar-refractivity contribution in [1.29, 1.82) is 0 Å². The van der Waals surface area contributed by atoms with Crippen LogP contribution in [0.5, 0.6) is 0 Å². The summed E-state index contributed by atoms with van der Waals surface area (Å²) in [5, 5.41) is 0. The molecule has 2 N–H and O–H groups in total. The molecule has 1 saturated heterocycles. The summed E-state index contributed by atoms with van der Waals surface area (Å²) in [6, 6.07) is 5.22. The third-order valence-electron chi connectivity index (χ3n) is 4.10. The van der Waals surface area contributed by atoms with Crippen LogP contribution in [0.4, 0.5) is 11.4 Å². The van der Waals surface area contributed by atoms with Gasteiger partial charge in [0.1, 0.15) is 0 Å². The van der Waals surface area contributed by atoms with Gasteiger partial charge in [0.25, 0.3) is 0 Å². The zero-order valence-electron chi connectivity index (χ0n) is 12.5. The smallest absolute Gasteiger partial charge is 0.177 e. The second-order valence-corrected chi connectivity index (χ2v) is 8.10. The van der Waals surface area contributed by atoms with Gasteiger partial charge < -0.3 is 10.6 Å². The number of benzene rings is 1. The van der Waals surface area contributed by atoms with E-state index in [1.54, 1.807) is 12.1 Å². The monoisotopic (exact) mass is 297 g/mol. The summed E-state index contributed by atoms with van der Waals surface area (Å²) in [6.07, 6.45) is 1.19. The van der Waals surface area contributed by atoms with Gasteiger partial charge in [-0.2, -0.15) is 0 Å². The Kier molecular flexibility index (Phi) is 3.73. The minimum atomic E-state index is -3.30. The van der Waals surface area contributed by atoms with Crippen LogP contribution in [0.25, 0.3) is 0 Å². The van der Waals surface area contributed by atoms with Crippen LogP contribution < -0.4 is 10.6 Å². The number of anilines is 2. The average Bonchev–Trinajstić information content (AvgIpc) is 2.31. The van der Waals surface area contributed by atoms with Gasteiger partial charge in [-0.25, -0.2) is 8.42 Å². The molecule has 0 atom stereocenters. The van der Waals surface area contributed by atoms with Crippen molar-refractivity contribution in [2.75, 3.05) is 43.6 Å². The lowest BCUT2D eigenvalue weighted by Gasteiger charge is -2.46. The van der Waals surface area contributed by atoms with Crippen molar-refractivity contribution in [1.82, 2.24) is 4.90 Å². The molecule has 1 heterocycles. The summed E-state index contributed by atoms with van der Waals surface area (Å²) >= 11 is 0. The van der Waals surface area contributed by atoms with Crippen molar-refractivity contribution >= 4 is 21.2 Å². The van der Waals surface area contributed by atoms with Gasteiger partial charge in [0.05, 0.1) is 16.3 Å². The van der Waals surface area contributed by atoms with E-state index in [9.17, 15) is 8.42 Å². The molecule has 20 heavy (non-hydrogen) atoms. The van der Waals surface area contributed by atoms with E-state index in [-0.39, 0.29) is 10.4 Å². The Bertz CT molecular complexity index is 611. The van der Waals surface area contributed by atoms with E-state index in [0.29, 0.717) is 5.69 Å². The van der Waals surface area contributed by atoms with Gasteiger partial charge in [-0.15, -0.1) is 0 Å². The highest BCUT2D eigenvalue weighted by Gasteiger charge is 2.32. The maximum atomic E-state index is 11.8. The molecule has 6 heteroatoms. The average molecular weight is 297 g/mol. The van der Waals surface area contributed by atoms with E-state index in [2.05, 4.69) is 30.7 Å². The molecular weight excluding hydrogens is 274 g/mol. The largest absolute Gasteiger partial charge is 0.396 e. The van der Waals surface area contributed by atoms with Crippen molar-refractivity contribution in [3.63, 3.8) is 0 Å². The number of hydrogen-bond acceptors (Lipinski definition) is 5. The van der Waals surface area contributed by atoms with Crippen LogP contribution in [0.3, 0.4) is 0 Å². The van der Waals surface area contributed by atoms with E-state index in [0.717, 1.165) is 25.3 Å². The normalized spacial score (nSPS) is 20.1. The molecule has 112 valence electrons. The maximum absolute atomic E-state index is 11.8. The molecule has 1 aromatic rings. The molecule has 1 fully saturated rings. The number of piperazine rings is 1. The Morgan fingerprint density at radius 3 is 2.45 bits per heavy atom. The number of likely N-dealkylation sites (N-methyl/N-ethyl adjacent to an activating group) is 1. The van der Waals surface area contributed by atoms with Crippen LogP contribution in [-0.4, -0.2) is 51.8 Å². The first-order chi connectivity index (χ1) is 9.13. The third kappa shape index (κ3) is 2.76. The summed E-state index contributed by atoms with van der Waals surface area (Å²) < 4.78 is 23.5. The number of para-hydroxylation sites is 1. The van der Waals surface area contributed by atoms with Gasteiger partial charge in [0.15, 0.2) is 9.84 Å². The predicted molar refractivity (Wildman–Crippen MR) is 82.9 cm³/mol. The summed E-state index contributed by atoms with van der Waals surface area (Å²) in [4.78, 5) is 4.69. The first-order valence-electron chi connectivity index (χ1n) is 6.68. The Morgan fingerprint density at radius 1 is 1.25 bits per heavy atom. The summed E-state index contributed by atoms with van der Waals surface area (Å²) in [7, 11) is -1.19. The van der Waals surface area contributed by atoms with Crippen LogP contribution in [0.2, 0.25) is 0 Å². The molecule has 2 rings (SSSR count). The maximum Gasteiger partial charge on any atom is 0.177 e. The lowest BCUT2D eigenvalue weighted by molar-refractivity contribution is 0.139. The molecule has 0 radical (unpaired) electrons. The van der Waals surface area contributed by atoms with Crippen molar-refractivity contribution < 1.29 is 8.42 Å². The van der Waals surface area contributed by atoms with E-state index < -0.39 is 9.84 Å². The van der Waals surface area contributed by atoms with Gasteiger partial charge in [-0.1, -0.05) is 6.07 Å². The second-order valence-electron chi connectivity index (χ2n) is 6.12. The summed E-state index contributed by atoms with van der Waals surface area (Å²) in [5.74, 6) is 0. The first-order valence-corrected chi connectivity index (χ1v) is 8.57. The molecule has 0 aromatic heterocycles. The fourth-order valence-electron chi connectivity index (χ4n) is 2.58. The van der Waals surface area contributed by atoms with Gasteiger partial charge in [0.2, 0.25) is 0 Å². The quantitative estimate of drug-likeness (QED) is 0.831. The van der Waals surface area contributed by atoms with E-state index >= 15 is 0 Å². The van der Waals surface area contributed by atoms with Gasteiger partial charge >= 0.3 is 0 Å². The minimum Gasteiger partial charge on any atom is -0.396 e. The molecule has 0 spiro atoms. The Balaban J connectivity index is 2.40. The van der Waals surface area contributed by atoms with E-state index in [1.807, 2.05) is 6.07 Å². The molecule has 1 aromatic carbocycles. The number of hydrogen-bond donors (Lipinski definition) is 1. The molecule has 0 unspecified atom stereocenters. The molecule has 1 aliphatic rings. The number of rotatable bonds is 2. The van der Waals surface area contributed by atoms with Crippen molar-refractivity contribution in [3.05, 3.63) is 18.2 Å². The zero-order chi connectivity index (χ0) is 15.1. The highest BCUT2D eigenvalue weighted by molar-refractivity contribution is 7.90. The molecule has 0 aliphatic carbocycles. The molecule has 1 aliphatic heterocycles. The summed E-state index contributed by atoms with van der Waals surface area (Å²) in [6.45, 7) is 6.94. The molecule has 0 saturated carbocycles. The van der Waals surface area contributed by atoms with Crippen molar-refractivity contribution in [3.8, 4) is 0 Å². The highest BCUT2D eigenvalue weighted by Crippen LogP contribution is 2.32. The highest BCUT2D eigenvalue weighted by atomic mass is 32.2. The van der Waals surface area contributed by atoms with E-state index in [1.165, 1.54) is 6.26 Å². The fraction of sp³-hybridized carbons (Fsp3) is 0.571. The second kappa shape index (κ2) is 4.93. The molecule has 5 nitrogen and oxygen atoms in total. The van der Waals surface area contributed by atoms with Crippen LogP contribution in [-0.2, 0) is 9.84 Å². The lowest BCUT2D eigenvalue weighted by atomic mass is 9.99. The minimum absolute atomic E-state index is 0.0335. The topological polar surface area (TPSA) is 66.6 Å². The van der Waals surface area contributed by atoms with Gasteiger partial charge in [-0.3, -0.25) is 4.90 Å². The van der Waals surface area contributed by atoms with Crippen molar-refractivity contribution in [2.45, 2.75) is 24.3 Å². The SMILES string of the molecule is CN1CCN(c2cccc(S(C)(=O)=O)c2N)CC1(C)C. The first kappa shape index (κ1) is 15.1. The van der Waals surface area contributed by atoms with Crippen LogP contribution in [0.1, 0.15) is 13.8 Å². The predicted octanol–water partition coefficient (Wildman–Crippen LogP) is 1.20. The Labute approximate surface area is 121 Å². The standard InChI is InChI=1S/C14H23N3O2S/c1-14(2)10-17(9-8-16(14)3)11-6-5-7-12(13(11)15)20(4,18)19/h5-7H,8-10,15H2,1-4H3. The molecular formula is C14H23N3O2S. The number of sulfone groups is 1. The van der Waals surface area contributed by atoms with Gasteiger partial charge in [-0.05, 0) is 33.0 Å². The molecule has 0 amide bonds. The number of nitrogens with zero attached hydrogens (tertiary/aromatic N) is 2. The van der Waals surface area contributed by atoms with Crippen LogP contribution in [0.15, 0.2) is 23.1 Å². The molecule has 0 bridgehead atoms. The van der Waals surface area contributed by atoms with Crippen LogP contribution in [0, 0.1) is 0 Å². The Morgan fingerprint density at radius 2 is 1.90 bits per heavy atom. The number of nitrogen functional groups attached to an aromatic ring is 1. The summed E-state index contributed by atoms with van der Waals surface area (Å²) in [5.41, 5.74) is 7.29. The van der Waals surface area contributed by atoms with Crippen molar-refractivity contribution in [2.24, 2.45) is 0 Å². The lowest BCUT2D eigenvalue weighted by Crippen LogP contribution is -2.57. The third-order valence-corrected chi connectivity index (χ3v) is 5.25. The zero-order valence-corrected chi connectivity index (χ0v) is 13.4. The number of nitrogens with two attached hydrogens (primary N) is 1. The fourth-order valence-corrected chi connectivity index (χ4v) is 3.41. The van der Waals surface area contributed by atoms with E-state index in [4.69, 9.17) is 5.73 Å². The van der Waals surface area contributed by atoms with Gasteiger partial charge in [0, 0.05) is 31.4 Å². The Hall–Kier alpha value is -1.27. The van der Waals surface area contributed by atoms with Crippen LogP contribution >= 0.6 is 0 Å².